The lowest BCUT2D eigenvalue weighted by molar-refractivity contribution is -0.156. The molecular formula is C15H16Cl2N2O3. The number of hydrogen-bond donors (Lipinski definition) is 1. The van der Waals surface area contributed by atoms with E-state index in [1.165, 1.54) is 11.0 Å². The second-order valence-corrected chi connectivity index (χ2v) is 6.60. The van der Waals surface area contributed by atoms with Crippen LogP contribution in [0.3, 0.4) is 0 Å². The molecule has 2 aliphatic heterocycles. The number of aromatic hydroxyl groups is 1. The Balaban J connectivity index is 1.92. The van der Waals surface area contributed by atoms with Gasteiger partial charge in [0, 0.05) is 19.2 Å². The quantitative estimate of drug-likeness (QED) is 0.851. The molecule has 7 heteroatoms. The lowest BCUT2D eigenvalue weighted by atomic mass is 9.83. The largest absolute Gasteiger partial charge is 0.508 e. The SMILES string of the molecule is CN1CC(=O)N2CC[C@H](c3c(O)ccc(Cl)c3Cl)C[C@@H]2C1=O. The molecule has 1 N–H and O–H groups in total. The van der Waals surface area contributed by atoms with Crippen LogP contribution in [0.2, 0.25) is 10.0 Å². The number of halogens is 2. The number of phenolic OH excluding ortho intramolecular Hbond substituents is 1. The van der Waals surface area contributed by atoms with Crippen LogP contribution < -0.4 is 0 Å². The van der Waals surface area contributed by atoms with Crippen molar-refractivity contribution in [2.24, 2.45) is 0 Å². The Morgan fingerprint density at radius 1 is 1.27 bits per heavy atom. The van der Waals surface area contributed by atoms with E-state index in [1.807, 2.05) is 0 Å². The molecule has 2 aliphatic rings. The van der Waals surface area contributed by atoms with Crippen LogP contribution in [0.15, 0.2) is 12.1 Å². The molecule has 2 amide bonds. The minimum atomic E-state index is -0.487. The summed E-state index contributed by atoms with van der Waals surface area (Å²) < 4.78 is 0. The van der Waals surface area contributed by atoms with Crippen molar-refractivity contribution in [2.75, 3.05) is 20.1 Å². The summed E-state index contributed by atoms with van der Waals surface area (Å²) in [6.07, 6.45) is 1.09. The topological polar surface area (TPSA) is 60.9 Å². The number of amides is 2. The van der Waals surface area contributed by atoms with E-state index < -0.39 is 6.04 Å². The first-order valence-electron chi connectivity index (χ1n) is 7.11. The molecule has 0 aliphatic carbocycles. The molecule has 2 fully saturated rings. The molecule has 1 aromatic rings. The minimum absolute atomic E-state index is 0.0352. The zero-order valence-electron chi connectivity index (χ0n) is 12.1. The molecule has 2 atom stereocenters. The maximum Gasteiger partial charge on any atom is 0.245 e. The van der Waals surface area contributed by atoms with Gasteiger partial charge in [-0.3, -0.25) is 9.59 Å². The normalized spacial score (nSPS) is 25.4. The number of rotatable bonds is 1. The summed E-state index contributed by atoms with van der Waals surface area (Å²) in [4.78, 5) is 27.5. The molecule has 118 valence electrons. The summed E-state index contributed by atoms with van der Waals surface area (Å²) in [7, 11) is 1.63. The number of piperidine rings is 1. The molecule has 3 rings (SSSR count). The van der Waals surface area contributed by atoms with E-state index in [0.29, 0.717) is 35.0 Å². The number of likely N-dealkylation sites (N-methyl/N-ethyl adjacent to an activating group) is 1. The van der Waals surface area contributed by atoms with Gasteiger partial charge in [-0.05, 0) is 30.9 Å². The molecule has 1 aromatic carbocycles. The number of phenols is 1. The predicted molar refractivity (Wildman–Crippen MR) is 83.2 cm³/mol. The van der Waals surface area contributed by atoms with Crippen LogP contribution in [0.25, 0.3) is 0 Å². The molecule has 22 heavy (non-hydrogen) atoms. The molecule has 0 aromatic heterocycles. The van der Waals surface area contributed by atoms with Crippen LogP contribution in [0, 0.1) is 0 Å². The maximum atomic E-state index is 12.3. The Morgan fingerprint density at radius 2 is 2.00 bits per heavy atom. The van der Waals surface area contributed by atoms with Gasteiger partial charge in [0.15, 0.2) is 0 Å². The second-order valence-electron chi connectivity index (χ2n) is 5.81. The number of hydrogen-bond acceptors (Lipinski definition) is 3. The Bertz CT molecular complexity index is 650. The molecule has 5 nitrogen and oxygen atoms in total. The summed E-state index contributed by atoms with van der Waals surface area (Å²) >= 11 is 12.3. The maximum absolute atomic E-state index is 12.3. The fourth-order valence-corrected chi connectivity index (χ4v) is 3.81. The van der Waals surface area contributed by atoms with Gasteiger partial charge in [0.1, 0.15) is 11.8 Å². The minimum Gasteiger partial charge on any atom is -0.508 e. The van der Waals surface area contributed by atoms with E-state index in [0.717, 1.165) is 0 Å². The monoisotopic (exact) mass is 342 g/mol. The number of benzene rings is 1. The number of fused-ring (bicyclic) bond motifs is 1. The smallest absolute Gasteiger partial charge is 0.245 e. The average Bonchev–Trinajstić information content (AvgIpc) is 2.49. The van der Waals surface area contributed by atoms with Gasteiger partial charge in [-0.25, -0.2) is 0 Å². The Morgan fingerprint density at radius 3 is 2.73 bits per heavy atom. The molecule has 0 spiro atoms. The van der Waals surface area contributed by atoms with E-state index in [1.54, 1.807) is 18.0 Å². The number of nitrogens with zero attached hydrogens (tertiary/aromatic N) is 2. The van der Waals surface area contributed by atoms with Crippen molar-refractivity contribution in [3.63, 3.8) is 0 Å². The van der Waals surface area contributed by atoms with Crippen molar-refractivity contribution in [3.8, 4) is 5.75 Å². The number of carbonyl (C=O) groups is 2. The van der Waals surface area contributed by atoms with E-state index in [-0.39, 0.29) is 30.0 Å². The van der Waals surface area contributed by atoms with Crippen molar-refractivity contribution >= 4 is 35.0 Å². The zero-order chi connectivity index (χ0) is 16.0. The van der Waals surface area contributed by atoms with Gasteiger partial charge in [-0.1, -0.05) is 23.2 Å². The average molecular weight is 343 g/mol. The van der Waals surface area contributed by atoms with Gasteiger partial charge >= 0.3 is 0 Å². The van der Waals surface area contributed by atoms with E-state index in [9.17, 15) is 14.7 Å². The highest BCUT2D eigenvalue weighted by Crippen LogP contribution is 2.43. The summed E-state index contributed by atoms with van der Waals surface area (Å²) in [6, 6.07) is 2.57. The van der Waals surface area contributed by atoms with Gasteiger partial charge in [0.25, 0.3) is 0 Å². The van der Waals surface area contributed by atoms with Crippen LogP contribution in [0.1, 0.15) is 24.3 Å². The van der Waals surface area contributed by atoms with Crippen molar-refractivity contribution in [1.29, 1.82) is 0 Å². The van der Waals surface area contributed by atoms with Crippen molar-refractivity contribution in [1.82, 2.24) is 9.80 Å². The summed E-state index contributed by atoms with van der Waals surface area (Å²) in [5, 5.41) is 10.8. The molecule has 0 bridgehead atoms. The van der Waals surface area contributed by atoms with Gasteiger partial charge in [-0.2, -0.15) is 0 Å². The molecule has 2 heterocycles. The van der Waals surface area contributed by atoms with E-state index in [2.05, 4.69) is 0 Å². The molecular weight excluding hydrogens is 327 g/mol. The third-order valence-electron chi connectivity index (χ3n) is 4.47. The standard InChI is InChI=1S/C15H16Cl2N2O3/c1-18-7-12(21)19-5-4-8(6-10(19)15(18)22)13-11(20)3-2-9(16)14(13)17/h2-3,8,10,20H,4-7H2,1H3/t8-,10+/m0/s1. The lowest BCUT2D eigenvalue weighted by Crippen LogP contribution is -2.61. The van der Waals surface area contributed by atoms with Crippen LogP contribution >= 0.6 is 23.2 Å². The Labute approximate surface area is 138 Å². The van der Waals surface area contributed by atoms with E-state index in [4.69, 9.17) is 23.2 Å². The Kier molecular flexibility index (Phi) is 3.95. The highest BCUT2D eigenvalue weighted by Gasteiger charge is 2.42. The van der Waals surface area contributed by atoms with Crippen molar-refractivity contribution in [3.05, 3.63) is 27.7 Å². The summed E-state index contributed by atoms with van der Waals surface area (Å²) in [6.45, 7) is 0.610. The Hall–Kier alpha value is -1.46. The van der Waals surface area contributed by atoms with Crippen molar-refractivity contribution in [2.45, 2.75) is 24.8 Å². The van der Waals surface area contributed by atoms with Crippen LogP contribution in [-0.2, 0) is 9.59 Å². The highest BCUT2D eigenvalue weighted by molar-refractivity contribution is 6.42. The second kappa shape index (κ2) is 5.63. The molecule has 0 saturated carbocycles. The molecule has 0 unspecified atom stereocenters. The molecule has 0 radical (unpaired) electrons. The number of piperazine rings is 1. The van der Waals surface area contributed by atoms with E-state index >= 15 is 0 Å². The zero-order valence-corrected chi connectivity index (χ0v) is 13.6. The van der Waals surface area contributed by atoms with Gasteiger partial charge in [0.05, 0.1) is 16.6 Å². The van der Waals surface area contributed by atoms with Crippen LogP contribution in [0.4, 0.5) is 0 Å². The first-order valence-corrected chi connectivity index (χ1v) is 7.87. The van der Waals surface area contributed by atoms with Gasteiger partial charge in [-0.15, -0.1) is 0 Å². The van der Waals surface area contributed by atoms with Crippen LogP contribution in [0.5, 0.6) is 5.75 Å². The summed E-state index contributed by atoms with van der Waals surface area (Å²) in [5.74, 6) is -0.125. The van der Waals surface area contributed by atoms with Crippen LogP contribution in [-0.4, -0.2) is 52.9 Å². The first kappa shape index (κ1) is 15.4. The van der Waals surface area contributed by atoms with Gasteiger partial charge in [0.2, 0.25) is 11.8 Å². The number of carbonyl (C=O) groups excluding carboxylic acids is 2. The summed E-state index contributed by atoms with van der Waals surface area (Å²) in [5.41, 5.74) is 0.572. The molecule has 2 saturated heterocycles. The third-order valence-corrected chi connectivity index (χ3v) is 5.29. The van der Waals surface area contributed by atoms with Crippen molar-refractivity contribution < 1.29 is 14.7 Å². The highest BCUT2D eigenvalue weighted by atomic mass is 35.5. The lowest BCUT2D eigenvalue weighted by Gasteiger charge is -2.44. The van der Waals surface area contributed by atoms with Gasteiger partial charge < -0.3 is 14.9 Å². The fourth-order valence-electron chi connectivity index (χ4n) is 3.33. The first-order chi connectivity index (χ1) is 10.4. The predicted octanol–water partition coefficient (Wildman–Crippen LogP) is 2.25. The fraction of sp³-hybridized carbons (Fsp3) is 0.467. The third kappa shape index (κ3) is 2.42.